The van der Waals surface area contributed by atoms with Crippen LogP contribution in [-0.2, 0) is 9.63 Å². The summed E-state index contributed by atoms with van der Waals surface area (Å²) in [5.41, 5.74) is 2.26. The maximum absolute atomic E-state index is 12.3. The zero-order chi connectivity index (χ0) is 16.2. The lowest BCUT2D eigenvalue weighted by Crippen LogP contribution is -2.38. The topological polar surface area (TPSA) is 47.6 Å². The Hall–Kier alpha value is -1.20. The molecule has 1 aliphatic rings. The van der Waals surface area contributed by atoms with Crippen molar-refractivity contribution >= 4 is 17.7 Å². The zero-order valence-electron chi connectivity index (χ0n) is 13.7. The number of hydrogen-bond acceptors (Lipinski definition) is 4. The van der Waals surface area contributed by atoms with Crippen molar-refractivity contribution in [3.05, 3.63) is 24.3 Å². The van der Waals surface area contributed by atoms with Crippen LogP contribution in [0.2, 0.25) is 0 Å². The van der Waals surface area contributed by atoms with Gasteiger partial charge in [0, 0.05) is 10.1 Å². The molecule has 0 aliphatic heterocycles. The molecule has 1 aliphatic carbocycles. The fourth-order valence-corrected chi connectivity index (χ4v) is 3.83. The molecule has 22 heavy (non-hydrogen) atoms. The molecule has 1 aromatic rings. The van der Waals surface area contributed by atoms with Crippen LogP contribution in [0.4, 0.5) is 0 Å². The lowest BCUT2D eigenvalue weighted by molar-refractivity contribution is -0.149. The highest BCUT2D eigenvalue weighted by Gasteiger charge is 2.34. The van der Waals surface area contributed by atoms with Gasteiger partial charge in [-0.15, -0.1) is 11.8 Å². The van der Waals surface area contributed by atoms with Gasteiger partial charge in [-0.1, -0.05) is 6.42 Å². The molecule has 122 valence electrons. The van der Waals surface area contributed by atoms with Gasteiger partial charge in [-0.25, -0.2) is 5.48 Å². The molecular formula is C17H25NO3S. The Morgan fingerprint density at radius 3 is 2.50 bits per heavy atom. The summed E-state index contributed by atoms with van der Waals surface area (Å²) in [6.45, 7) is 5.77. The minimum Gasteiger partial charge on any atom is -0.497 e. The van der Waals surface area contributed by atoms with Crippen LogP contribution in [0.3, 0.4) is 0 Å². The van der Waals surface area contributed by atoms with E-state index in [9.17, 15) is 4.79 Å². The van der Waals surface area contributed by atoms with Gasteiger partial charge in [-0.3, -0.25) is 9.63 Å². The minimum atomic E-state index is -0.368. The van der Waals surface area contributed by atoms with Crippen LogP contribution in [0.15, 0.2) is 29.2 Å². The van der Waals surface area contributed by atoms with Crippen molar-refractivity contribution in [2.45, 2.75) is 55.8 Å². The van der Waals surface area contributed by atoms with Crippen molar-refractivity contribution in [3.8, 4) is 5.75 Å². The summed E-state index contributed by atoms with van der Waals surface area (Å²) in [6, 6.07) is 8.00. The average molecular weight is 323 g/mol. The number of ether oxygens (including phenoxy) is 1. The quantitative estimate of drug-likeness (QED) is 0.837. The Morgan fingerprint density at radius 2 is 1.91 bits per heavy atom. The first-order chi connectivity index (χ1) is 10.4. The van der Waals surface area contributed by atoms with Gasteiger partial charge in [0.2, 0.25) is 5.91 Å². The molecule has 1 amide bonds. The van der Waals surface area contributed by atoms with Gasteiger partial charge < -0.3 is 4.74 Å². The standard InChI is InChI=1S/C17H25NO3S/c1-17(2,3)21-18-16(19)14-6-5-7-15(14)22-13-10-8-12(20-4)9-11-13/h8-11,14-15H,5-7H2,1-4H3,(H,18,19). The van der Waals surface area contributed by atoms with Crippen LogP contribution in [0.25, 0.3) is 0 Å². The van der Waals surface area contributed by atoms with E-state index >= 15 is 0 Å². The van der Waals surface area contributed by atoms with Crippen molar-refractivity contribution in [1.29, 1.82) is 0 Å². The first kappa shape index (κ1) is 17.2. The van der Waals surface area contributed by atoms with Gasteiger partial charge in [0.15, 0.2) is 0 Å². The normalized spacial score (nSPS) is 21.6. The molecule has 0 spiro atoms. The van der Waals surface area contributed by atoms with E-state index in [1.54, 1.807) is 18.9 Å². The zero-order valence-corrected chi connectivity index (χ0v) is 14.5. The lowest BCUT2D eigenvalue weighted by Gasteiger charge is -2.23. The molecule has 1 fully saturated rings. The van der Waals surface area contributed by atoms with Crippen LogP contribution < -0.4 is 10.2 Å². The molecule has 1 saturated carbocycles. The second-order valence-corrected chi connectivity index (χ2v) is 7.86. The molecule has 2 atom stereocenters. The van der Waals surface area contributed by atoms with Gasteiger partial charge in [0.05, 0.1) is 18.6 Å². The molecule has 0 aromatic heterocycles. The van der Waals surface area contributed by atoms with E-state index in [0.717, 1.165) is 25.0 Å². The smallest absolute Gasteiger partial charge is 0.247 e. The van der Waals surface area contributed by atoms with Crippen LogP contribution >= 0.6 is 11.8 Å². The number of carbonyl (C=O) groups excluding carboxylic acids is 1. The Balaban J connectivity index is 1.93. The molecule has 4 nitrogen and oxygen atoms in total. The third-order valence-corrected chi connectivity index (χ3v) is 5.01. The van der Waals surface area contributed by atoms with Crippen molar-refractivity contribution in [2.75, 3.05) is 7.11 Å². The van der Waals surface area contributed by atoms with Crippen LogP contribution in [0.1, 0.15) is 40.0 Å². The first-order valence-corrected chi connectivity index (χ1v) is 8.55. The van der Waals surface area contributed by atoms with E-state index in [2.05, 4.69) is 5.48 Å². The summed E-state index contributed by atoms with van der Waals surface area (Å²) in [4.78, 5) is 18.9. The van der Waals surface area contributed by atoms with Crippen molar-refractivity contribution in [2.24, 2.45) is 5.92 Å². The highest BCUT2D eigenvalue weighted by atomic mass is 32.2. The molecule has 0 radical (unpaired) electrons. The summed E-state index contributed by atoms with van der Waals surface area (Å²) in [7, 11) is 1.66. The van der Waals surface area contributed by atoms with Gasteiger partial charge in [0.1, 0.15) is 5.75 Å². The largest absolute Gasteiger partial charge is 0.497 e. The summed E-state index contributed by atoms with van der Waals surface area (Å²) in [6.07, 6.45) is 3.07. The number of nitrogens with one attached hydrogen (secondary N) is 1. The summed E-state index contributed by atoms with van der Waals surface area (Å²) < 4.78 is 5.17. The fourth-order valence-electron chi connectivity index (χ4n) is 2.48. The molecule has 1 aromatic carbocycles. The second kappa shape index (κ2) is 7.38. The van der Waals surface area contributed by atoms with E-state index in [4.69, 9.17) is 9.57 Å². The van der Waals surface area contributed by atoms with Crippen molar-refractivity contribution in [3.63, 3.8) is 0 Å². The summed E-state index contributed by atoms with van der Waals surface area (Å²) in [5.74, 6) is 0.858. The number of amides is 1. The third-order valence-electron chi connectivity index (χ3n) is 3.59. The highest BCUT2D eigenvalue weighted by Crippen LogP contribution is 2.39. The molecule has 1 N–H and O–H groups in total. The fraction of sp³-hybridized carbons (Fsp3) is 0.588. The summed E-state index contributed by atoms with van der Waals surface area (Å²) >= 11 is 1.77. The summed E-state index contributed by atoms with van der Waals surface area (Å²) in [5, 5.41) is 0.303. The molecule has 0 heterocycles. The van der Waals surface area contributed by atoms with Gasteiger partial charge in [0.25, 0.3) is 0 Å². The maximum Gasteiger partial charge on any atom is 0.247 e. The first-order valence-electron chi connectivity index (χ1n) is 7.67. The predicted octanol–water partition coefficient (Wildman–Crippen LogP) is 3.80. The number of carbonyl (C=O) groups is 1. The molecule has 5 heteroatoms. The highest BCUT2D eigenvalue weighted by molar-refractivity contribution is 8.00. The number of thioether (sulfide) groups is 1. The Bertz CT molecular complexity index is 496. The molecule has 2 rings (SSSR count). The van der Waals surface area contributed by atoms with Crippen LogP contribution in [-0.4, -0.2) is 23.9 Å². The number of benzene rings is 1. The monoisotopic (exact) mass is 323 g/mol. The third kappa shape index (κ3) is 4.92. The number of rotatable bonds is 5. The molecule has 0 bridgehead atoms. The maximum atomic E-state index is 12.3. The Kier molecular flexibility index (Phi) is 5.75. The van der Waals surface area contributed by atoms with E-state index < -0.39 is 0 Å². The molecule has 2 unspecified atom stereocenters. The average Bonchev–Trinajstić information content (AvgIpc) is 2.93. The van der Waals surface area contributed by atoms with E-state index in [-0.39, 0.29) is 17.4 Å². The molecular weight excluding hydrogens is 298 g/mol. The van der Waals surface area contributed by atoms with Crippen LogP contribution in [0.5, 0.6) is 5.75 Å². The van der Waals surface area contributed by atoms with Gasteiger partial charge in [-0.05, 0) is 57.9 Å². The van der Waals surface area contributed by atoms with Crippen molar-refractivity contribution in [1.82, 2.24) is 5.48 Å². The van der Waals surface area contributed by atoms with Crippen LogP contribution in [0, 0.1) is 5.92 Å². The Labute approximate surface area is 136 Å². The van der Waals surface area contributed by atoms with Gasteiger partial charge >= 0.3 is 0 Å². The number of methoxy groups -OCH3 is 1. The van der Waals surface area contributed by atoms with E-state index in [1.807, 2.05) is 45.0 Å². The predicted molar refractivity (Wildman–Crippen MR) is 89.0 cm³/mol. The van der Waals surface area contributed by atoms with Crippen molar-refractivity contribution < 1.29 is 14.4 Å². The SMILES string of the molecule is COc1ccc(SC2CCCC2C(=O)NOC(C)(C)C)cc1. The van der Waals surface area contributed by atoms with E-state index in [1.165, 1.54) is 4.90 Å². The van der Waals surface area contributed by atoms with E-state index in [0.29, 0.717) is 5.25 Å². The minimum absolute atomic E-state index is 0.00145. The van der Waals surface area contributed by atoms with Gasteiger partial charge in [-0.2, -0.15) is 0 Å². The Morgan fingerprint density at radius 1 is 1.23 bits per heavy atom. The number of hydrogen-bond donors (Lipinski definition) is 1. The lowest BCUT2D eigenvalue weighted by atomic mass is 10.1. The second-order valence-electron chi connectivity index (χ2n) is 6.55. The number of hydroxylamine groups is 1. The molecule has 0 saturated heterocycles.